The number of carbonyl (C=O) groups is 2. The molecule has 0 unspecified atom stereocenters. The lowest BCUT2D eigenvalue weighted by atomic mass is 10.2. The number of para-hydroxylation sites is 2. The minimum Gasteiger partial charge on any atom is -0.492 e. The molecule has 2 aromatic carbocycles. The number of rotatable bonds is 7. The van der Waals surface area contributed by atoms with Gasteiger partial charge >= 0.3 is 0 Å². The van der Waals surface area contributed by atoms with Crippen molar-refractivity contribution in [3.8, 4) is 11.5 Å². The smallest absolute Gasteiger partial charge is 0.262 e. The summed E-state index contributed by atoms with van der Waals surface area (Å²) in [4.78, 5) is 23.0. The molecule has 0 radical (unpaired) electrons. The van der Waals surface area contributed by atoms with Gasteiger partial charge in [0.2, 0.25) is 0 Å². The van der Waals surface area contributed by atoms with Gasteiger partial charge in [-0.25, -0.2) is 0 Å². The Balaban J connectivity index is 2.00. The van der Waals surface area contributed by atoms with Crippen molar-refractivity contribution in [1.82, 2.24) is 0 Å². The number of hydrogen-bond acceptors (Lipinski definition) is 4. The molecule has 6 heteroatoms. The second kappa shape index (κ2) is 8.33. The Labute approximate surface area is 142 Å². The van der Waals surface area contributed by atoms with E-state index in [9.17, 15) is 9.59 Å². The highest BCUT2D eigenvalue weighted by Gasteiger charge is 2.10. The predicted octanol–water partition coefficient (Wildman–Crippen LogP) is 3.68. The fourth-order valence-electron chi connectivity index (χ4n) is 1.92. The van der Waals surface area contributed by atoms with Gasteiger partial charge in [0.1, 0.15) is 11.5 Å². The normalized spacial score (nSPS) is 10.0. The molecule has 5 nitrogen and oxygen atoms in total. The van der Waals surface area contributed by atoms with Gasteiger partial charge in [0, 0.05) is 4.47 Å². The molecule has 2 aromatic rings. The molecule has 1 N–H and O–H groups in total. The summed E-state index contributed by atoms with van der Waals surface area (Å²) in [6.07, 6.45) is 0.683. The molecule has 0 aromatic heterocycles. The van der Waals surface area contributed by atoms with Crippen LogP contribution in [0.2, 0.25) is 0 Å². The van der Waals surface area contributed by atoms with Crippen LogP contribution in [0.4, 0.5) is 5.69 Å². The van der Waals surface area contributed by atoms with E-state index in [1.807, 2.05) is 13.0 Å². The standard InChI is InChI=1S/C17H16BrNO4/c1-2-22-16-6-4-3-5-14(16)19-17(21)11-23-15-8-7-13(18)9-12(15)10-20/h3-10H,2,11H2,1H3,(H,19,21). The summed E-state index contributed by atoms with van der Waals surface area (Å²) in [7, 11) is 0. The number of benzene rings is 2. The van der Waals surface area contributed by atoms with Gasteiger partial charge in [-0.1, -0.05) is 28.1 Å². The van der Waals surface area contributed by atoms with Gasteiger partial charge in [-0.05, 0) is 37.3 Å². The molecule has 120 valence electrons. The van der Waals surface area contributed by atoms with Crippen molar-refractivity contribution < 1.29 is 19.1 Å². The maximum absolute atomic E-state index is 12.0. The molecular weight excluding hydrogens is 362 g/mol. The number of hydrogen-bond donors (Lipinski definition) is 1. The Hall–Kier alpha value is -2.34. The first-order valence-corrected chi connectivity index (χ1v) is 7.82. The fourth-order valence-corrected chi connectivity index (χ4v) is 2.30. The Kier molecular flexibility index (Phi) is 6.17. The highest BCUT2D eigenvalue weighted by molar-refractivity contribution is 9.10. The number of carbonyl (C=O) groups excluding carboxylic acids is 2. The van der Waals surface area contributed by atoms with Gasteiger partial charge < -0.3 is 14.8 Å². The summed E-state index contributed by atoms with van der Waals surface area (Å²) in [5.74, 6) is 0.619. The summed E-state index contributed by atoms with van der Waals surface area (Å²) >= 11 is 3.28. The molecule has 23 heavy (non-hydrogen) atoms. The third-order valence-electron chi connectivity index (χ3n) is 2.92. The third kappa shape index (κ3) is 4.82. The van der Waals surface area contributed by atoms with E-state index in [0.29, 0.717) is 35.6 Å². The van der Waals surface area contributed by atoms with Crippen LogP contribution in [-0.2, 0) is 4.79 Å². The highest BCUT2D eigenvalue weighted by atomic mass is 79.9. The van der Waals surface area contributed by atoms with E-state index in [0.717, 1.165) is 4.47 Å². The number of amides is 1. The lowest BCUT2D eigenvalue weighted by Gasteiger charge is -2.12. The second-order valence-electron chi connectivity index (χ2n) is 4.57. The summed E-state index contributed by atoms with van der Waals surface area (Å²) in [5, 5.41) is 2.73. The summed E-state index contributed by atoms with van der Waals surface area (Å²) in [6.45, 7) is 2.17. The van der Waals surface area contributed by atoms with Gasteiger partial charge in [0.05, 0.1) is 17.9 Å². The molecule has 0 aliphatic carbocycles. The molecule has 0 atom stereocenters. The zero-order valence-corrected chi connectivity index (χ0v) is 14.1. The summed E-state index contributed by atoms with van der Waals surface area (Å²) in [5.41, 5.74) is 0.955. The van der Waals surface area contributed by atoms with E-state index in [-0.39, 0.29) is 12.5 Å². The van der Waals surface area contributed by atoms with Crippen molar-refractivity contribution in [3.05, 3.63) is 52.5 Å². The lowest BCUT2D eigenvalue weighted by molar-refractivity contribution is -0.118. The molecular formula is C17H16BrNO4. The topological polar surface area (TPSA) is 64.6 Å². The van der Waals surface area contributed by atoms with Gasteiger partial charge in [-0.3, -0.25) is 9.59 Å². The third-order valence-corrected chi connectivity index (χ3v) is 3.41. The van der Waals surface area contributed by atoms with Crippen LogP contribution in [0, 0.1) is 0 Å². The molecule has 2 rings (SSSR count). The van der Waals surface area contributed by atoms with E-state index in [2.05, 4.69) is 21.2 Å². The van der Waals surface area contributed by atoms with E-state index in [1.165, 1.54) is 0 Å². The minimum atomic E-state index is -0.336. The number of halogens is 1. The van der Waals surface area contributed by atoms with E-state index < -0.39 is 0 Å². The van der Waals surface area contributed by atoms with E-state index in [4.69, 9.17) is 9.47 Å². The van der Waals surface area contributed by atoms with Gasteiger partial charge in [-0.15, -0.1) is 0 Å². The number of anilines is 1. The van der Waals surface area contributed by atoms with Gasteiger partial charge in [-0.2, -0.15) is 0 Å². The largest absolute Gasteiger partial charge is 0.492 e. The molecule has 0 fully saturated rings. The van der Waals surface area contributed by atoms with Crippen LogP contribution in [0.1, 0.15) is 17.3 Å². The van der Waals surface area contributed by atoms with Crippen molar-refractivity contribution in [2.75, 3.05) is 18.5 Å². The number of aldehydes is 1. The maximum Gasteiger partial charge on any atom is 0.262 e. The lowest BCUT2D eigenvalue weighted by Crippen LogP contribution is -2.21. The first-order chi connectivity index (χ1) is 11.1. The Morgan fingerprint density at radius 1 is 1.17 bits per heavy atom. The summed E-state index contributed by atoms with van der Waals surface area (Å²) < 4.78 is 11.6. The monoisotopic (exact) mass is 377 g/mol. The van der Waals surface area contributed by atoms with Crippen LogP contribution in [-0.4, -0.2) is 25.4 Å². The van der Waals surface area contributed by atoms with Crippen molar-refractivity contribution in [2.24, 2.45) is 0 Å². The van der Waals surface area contributed by atoms with Crippen LogP contribution >= 0.6 is 15.9 Å². The minimum absolute atomic E-state index is 0.205. The Morgan fingerprint density at radius 3 is 2.70 bits per heavy atom. The van der Waals surface area contributed by atoms with Crippen molar-refractivity contribution in [1.29, 1.82) is 0 Å². The quantitative estimate of drug-likeness (QED) is 0.747. The maximum atomic E-state index is 12.0. The van der Waals surface area contributed by atoms with Crippen molar-refractivity contribution in [3.63, 3.8) is 0 Å². The molecule has 0 heterocycles. The molecule has 0 spiro atoms. The molecule has 0 saturated heterocycles. The SMILES string of the molecule is CCOc1ccccc1NC(=O)COc1ccc(Br)cc1C=O. The average Bonchev–Trinajstić information content (AvgIpc) is 2.55. The Morgan fingerprint density at radius 2 is 1.96 bits per heavy atom. The van der Waals surface area contributed by atoms with Crippen LogP contribution < -0.4 is 14.8 Å². The Bertz CT molecular complexity index is 703. The fraction of sp³-hybridized carbons (Fsp3) is 0.176. The highest BCUT2D eigenvalue weighted by Crippen LogP contribution is 2.24. The molecule has 0 saturated carbocycles. The van der Waals surface area contributed by atoms with E-state index in [1.54, 1.807) is 36.4 Å². The van der Waals surface area contributed by atoms with Crippen LogP contribution in [0.5, 0.6) is 11.5 Å². The van der Waals surface area contributed by atoms with Crippen molar-refractivity contribution >= 4 is 33.8 Å². The van der Waals surface area contributed by atoms with Crippen LogP contribution in [0.25, 0.3) is 0 Å². The predicted molar refractivity (Wildman–Crippen MR) is 91.3 cm³/mol. The summed E-state index contributed by atoms with van der Waals surface area (Å²) in [6, 6.07) is 12.2. The molecule has 0 bridgehead atoms. The van der Waals surface area contributed by atoms with E-state index >= 15 is 0 Å². The molecule has 0 aliphatic heterocycles. The van der Waals surface area contributed by atoms with Crippen LogP contribution in [0.15, 0.2) is 46.9 Å². The van der Waals surface area contributed by atoms with Gasteiger partial charge in [0.25, 0.3) is 5.91 Å². The van der Waals surface area contributed by atoms with Gasteiger partial charge in [0.15, 0.2) is 12.9 Å². The molecule has 1 amide bonds. The second-order valence-corrected chi connectivity index (χ2v) is 5.48. The first-order valence-electron chi connectivity index (χ1n) is 7.03. The van der Waals surface area contributed by atoms with Crippen molar-refractivity contribution in [2.45, 2.75) is 6.92 Å². The molecule has 0 aliphatic rings. The van der Waals surface area contributed by atoms with Crippen LogP contribution in [0.3, 0.4) is 0 Å². The average molecular weight is 378 g/mol. The number of nitrogens with one attached hydrogen (secondary N) is 1. The first kappa shape index (κ1) is 17.0. The zero-order valence-electron chi connectivity index (χ0n) is 12.5. The zero-order chi connectivity index (χ0) is 16.7. The number of ether oxygens (including phenoxy) is 2.